The van der Waals surface area contributed by atoms with Gasteiger partial charge >= 0.3 is 12.2 Å². The van der Waals surface area contributed by atoms with E-state index < -0.39 is 11.2 Å². The molecule has 16 heteroatoms. The van der Waals surface area contributed by atoms with Crippen LogP contribution in [0.25, 0.3) is 41.6 Å². The maximum Gasteiger partial charge on any atom is 0.410 e. The number of nitrogens with two attached hydrogens (primary N) is 1. The number of allylic oxidation sites excluding steroid dienone is 1. The predicted octanol–water partition coefficient (Wildman–Crippen LogP) is 12.6. The van der Waals surface area contributed by atoms with Crippen LogP contribution in [0.1, 0.15) is 119 Å². The third-order valence-electron chi connectivity index (χ3n) is 11.7. The van der Waals surface area contributed by atoms with E-state index in [4.69, 9.17) is 25.2 Å². The number of ether oxygens (including phenoxy) is 2. The molecule has 0 spiro atoms. The molecule has 376 valence electrons. The van der Waals surface area contributed by atoms with Crippen molar-refractivity contribution in [2.45, 2.75) is 151 Å². The van der Waals surface area contributed by atoms with E-state index in [1.165, 1.54) is 17.2 Å². The standard InChI is InChI=1S/C27H35N3O3S2.C23H24N2O3S2.C4H11N/c1-6-17(2)28-13-11-18(31)15-22-24(25-29-20-9-7-8-10-21(20)35-25)19-12-14-30(16-23(19)34-22)26(32)33-27(3,4)5;1-5-14(26)12-18-20(21-24-16-8-6-7-9-17(16)30-21)15-10-11-25(13-19(15)29-18)22(27)28-23(2,3)4;1-3-4(2)5/h7-10,17,28H,6,11-16H2,1-5H3;5-9H,1,10-13H2,2-4H3;4H,3,5H2,1-2H3. The number of ketones is 2. The fourth-order valence-electron chi connectivity index (χ4n) is 7.69. The second-order valence-corrected chi connectivity index (χ2v) is 24.3. The van der Waals surface area contributed by atoms with E-state index in [0.29, 0.717) is 64.1 Å². The molecule has 2 aliphatic heterocycles. The lowest BCUT2D eigenvalue weighted by Crippen LogP contribution is -2.39. The van der Waals surface area contributed by atoms with Crippen molar-refractivity contribution < 1.29 is 28.7 Å². The molecule has 2 aliphatic rings. The normalized spacial score (nSPS) is 14.4. The monoisotopic (exact) mass is 1030 g/mol. The van der Waals surface area contributed by atoms with E-state index >= 15 is 0 Å². The SMILES string of the molecule is C=CC(=O)Cc1sc2c(c1-c1nc3ccccc3s1)CCN(C(=O)OC(C)(C)C)C2.CCC(C)N.CCC(C)NCCC(=O)Cc1sc2c(c1-c1nc3ccccc3s1)CCN(C(=O)OC(C)(C)C)C2. The zero-order valence-corrected chi connectivity index (χ0v) is 45.8. The number of hydrogen-bond acceptors (Lipinski definition) is 14. The Morgan fingerprint density at radius 2 is 1.17 bits per heavy atom. The van der Waals surface area contributed by atoms with Gasteiger partial charge in [0.1, 0.15) is 27.0 Å². The molecule has 0 saturated heterocycles. The molecule has 0 bridgehead atoms. The van der Waals surface area contributed by atoms with Crippen molar-refractivity contribution in [2.75, 3.05) is 19.6 Å². The maximum atomic E-state index is 12.9. The smallest absolute Gasteiger partial charge is 0.410 e. The summed E-state index contributed by atoms with van der Waals surface area (Å²) in [5, 5.41) is 5.32. The molecule has 0 fully saturated rings. The summed E-state index contributed by atoms with van der Waals surface area (Å²) in [4.78, 5) is 68.0. The summed E-state index contributed by atoms with van der Waals surface area (Å²) in [6.07, 6.45) is 5.58. The Kier molecular flexibility index (Phi) is 18.7. The van der Waals surface area contributed by atoms with E-state index in [1.54, 1.807) is 55.1 Å². The van der Waals surface area contributed by atoms with E-state index in [1.807, 2.05) is 84.9 Å². The summed E-state index contributed by atoms with van der Waals surface area (Å²) in [6.45, 7) is 26.1. The van der Waals surface area contributed by atoms with Gasteiger partial charge in [-0.3, -0.25) is 9.59 Å². The fraction of sp³-hybridized carbons (Fsp3) is 0.481. The molecule has 3 N–H and O–H groups in total. The number of aromatic nitrogens is 2. The van der Waals surface area contributed by atoms with Crippen molar-refractivity contribution in [1.29, 1.82) is 0 Å². The van der Waals surface area contributed by atoms with Crippen molar-refractivity contribution >= 4 is 89.5 Å². The number of carbonyl (C=O) groups excluding carboxylic acids is 4. The molecule has 12 nitrogen and oxygen atoms in total. The molecule has 70 heavy (non-hydrogen) atoms. The van der Waals surface area contributed by atoms with Crippen LogP contribution in [0.2, 0.25) is 0 Å². The second-order valence-electron chi connectivity index (χ2n) is 19.8. The molecular weight excluding hydrogens is 957 g/mol. The van der Waals surface area contributed by atoms with Gasteiger partial charge in [0.25, 0.3) is 0 Å². The summed E-state index contributed by atoms with van der Waals surface area (Å²) < 4.78 is 13.4. The lowest BCUT2D eigenvalue weighted by molar-refractivity contribution is -0.118. The number of nitrogens with one attached hydrogen (secondary N) is 1. The van der Waals surface area contributed by atoms with E-state index in [9.17, 15) is 19.2 Å². The fourth-order valence-corrected chi connectivity index (χ4v) is 12.7. The molecule has 2 unspecified atom stereocenters. The number of amides is 2. The molecule has 2 atom stereocenters. The largest absolute Gasteiger partial charge is 0.444 e. The van der Waals surface area contributed by atoms with Crippen LogP contribution in [0.5, 0.6) is 0 Å². The van der Waals surface area contributed by atoms with Crippen molar-refractivity contribution in [1.82, 2.24) is 25.1 Å². The van der Waals surface area contributed by atoms with Crippen LogP contribution in [-0.4, -0.2) is 86.4 Å². The summed E-state index contributed by atoms with van der Waals surface area (Å²) in [6, 6.07) is 17.0. The van der Waals surface area contributed by atoms with Gasteiger partial charge in [0, 0.05) is 81.6 Å². The van der Waals surface area contributed by atoms with Gasteiger partial charge in [-0.2, -0.15) is 0 Å². The Morgan fingerprint density at radius 3 is 1.57 bits per heavy atom. The predicted molar refractivity (Wildman–Crippen MR) is 290 cm³/mol. The first kappa shape index (κ1) is 54.5. The Balaban J connectivity index is 0.000000211. The van der Waals surface area contributed by atoms with Gasteiger partial charge in [-0.25, -0.2) is 19.6 Å². The number of carbonyl (C=O) groups is 4. The number of Topliss-reactive ketones (excluding diaryl/α,β-unsaturated/α-hetero) is 1. The number of para-hydroxylation sites is 2. The summed E-state index contributed by atoms with van der Waals surface area (Å²) in [5.41, 5.74) is 10.8. The highest BCUT2D eigenvalue weighted by atomic mass is 32.1. The Bertz CT molecular complexity index is 2720. The minimum Gasteiger partial charge on any atom is -0.444 e. The van der Waals surface area contributed by atoms with Crippen molar-refractivity contribution in [3.63, 3.8) is 0 Å². The molecule has 8 rings (SSSR count). The molecule has 6 aromatic rings. The zero-order chi connectivity index (χ0) is 50.9. The number of fused-ring (bicyclic) bond motifs is 4. The van der Waals surface area contributed by atoms with E-state index in [2.05, 4.69) is 44.8 Å². The molecule has 0 aliphatic carbocycles. The molecule has 6 heterocycles. The quantitative estimate of drug-likeness (QED) is 0.107. The zero-order valence-electron chi connectivity index (χ0n) is 42.5. The molecular formula is C54H70N6O6S4. The first-order chi connectivity index (χ1) is 33.2. The van der Waals surface area contributed by atoms with Crippen LogP contribution in [0.3, 0.4) is 0 Å². The van der Waals surface area contributed by atoms with Crippen molar-refractivity contribution in [3.05, 3.63) is 91.8 Å². The Hall–Kier alpha value is -4.84. The van der Waals surface area contributed by atoms with E-state index in [-0.39, 0.29) is 23.8 Å². The van der Waals surface area contributed by atoms with Gasteiger partial charge in [-0.15, -0.1) is 45.3 Å². The summed E-state index contributed by atoms with van der Waals surface area (Å²) in [7, 11) is 0. The highest BCUT2D eigenvalue weighted by Crippen LogP contribution is 2.45. The summed E-state index contributed by atoms with van der Waals surface area (Å²) in [5.74, 6) is 0.214. The molecule has 4 aromatic heterocycles. The minimum atomic E-state index is -0.528. The van der Waals surface area contributed by atoms with Crippen molar-refractivity contribution in [2.24, 2.45) is 5.73 Å². The highest BCUT2D eigenvalue weighted by Gasteiger charge is 2.33. The van der Waals surface area contributed by atoms with Crippen LogP contribution in [0, 0.1) is 0 Å². The Morgan fingerprint density at radius 1 is 0.729 bits per heavy atom. The minimum absolute atomic E-state index is 0.0139. The van der Waals surface area contributed by atoms with Gasteiger partial charge in [0.15, 0.2) is 5.78 Å². The maximum absolute atomic E-state index is 12.9. The average molecular weight is 1030 g/mol. The number of nitrogens with zero attached hydrogens (tertiary/aromatic N) is 4. The number of hydrogen-bond donors (Lipinski definition) is 2. The number of thiazole rings is 2. The molecule has 0 saturated carbocycles. The van der Waals surface area contributed by atoms with Crippen LogP contribution in [-0.2, 0) is 57.8 Å². The Labute approximate surface area is 429 Å². The topological polar surface area (TPSA) is 157 Å². The van der Waals surface area contributed by atoms with Gasteiger partial charge in [-0.05, 0) is 123 Å². The van der Waals surface area contributed by atoms with Gasteiger partial charge in [0.05, 0.1) is 33.5 Å². The van der Waals surface area contributed by atoms with E-state index in [0.717, 1.165) is 86.8 Å². The number of rotatable bonds is 13. The lowest BCUT2D eigenvalue weighted by atomic mass is 10.00. The highest BCUT2D eigenvalue weighted by molar-refractivity contribution is 7.22. The second kappa shape index (κ2) is 24.1. The lowest BCUT2D eigenvalue weighted by Gasteiger charge is -2.30. The van der Waals surface area contributed by atoms with Crippen LogP contribution in [0.4, 0.5) is 9.59 Å². The van der Waals surface area contributed by atoms with Gasteiger partial charge in [-0.1, -0.05) is 44.7 Å². The van der Waals surface area contributed by atoms with Crippen LogP contribution >= 0.6 is 45.3 Å². The molecule has 2 aromatic carbocycles. The molecule has 0 radical (unpaired) electrons. The third kappa shape index (κ3) is 14.6. The summed E-state index contributed by atoms with van der Waals surface area (Å²) >= 11 is 6.57. The first-order valence-electron chi connectivity index (χ1n) is 24.3. The van der Waals surface area contributed by atoms with Crippen molar-refractivity contribution in [3.8, 4) is 21.1 Å². The van der Waals surface area contributed by atoms with Crippen LogP contribution < -0.4 is 11.1 Å². The number of thiophene rings is 2. The van der Waals surface area contributed by atoms with Gasteiger partial charge in [0.2, 0.25) is 0 Å². The first-order valence-corrected chi connectivity index (χ1v) is 27.5. The average Bonchev–Trinajstić information content (AvgIpc) is 4.09. The third-order valence-corrected chi connectivity index (χ3v) is 16.2. The molecule has 2 amide bonds. The van der Waals surface area contributed by atoms with Crippen LogP contribution in [0.15, 0.2) is 61.2 Å². The number of benzene rings is 2. The van der Waals surface area contributed by atoms with Gasteiger partial charge < -0.3 is 30.3 Å².